The highest BCUT2D eigenvalue weighted by Gasteiger charge is 2.16. The summed E-state index contributed by atoms with van der Waals surface area (Å²) in [5.74, 6) is 0. The van der Waals surface area contributed by atoms with Crippen molar-refractivity contribution in [2.24, 2.45) is 0 Å². The lowest BCUT2D eigenvalue weighted by molar-refractivity contribution is 0.607. The molecule has 0 atom stereocenters. The Labute approximate surface area is 291 Å². The molecule has 46 heavy (non-hydrogen) atoms. The van der Waals surface area contributed by atoms with Crippen LogP contribution in [0.1, 0.15) is 102 Å². The van der Waals surface area contributed by atoms with E-state index in [1.54, 1.807) is 0 Å². The second kappa shape index (κ2) is 15.2. The number of hydrogen-bond donors (Lipinski definition) is 0. The van der Waals surface area contributed by atoms with Crippen LogP contribution in [0.25, 0.3) is 59.9 Å². The first kappa shape index (κ1) is 32.1. The lowest BCUT2D eigenvalue weighted by Gasteiger charge is -2.04. The summed E-state index contributed by atoms with van der Waals surface area (Å²) in [7, 11) is 0. The molecule has 3 aromatic carbocycles. The van der Waals surface area contributed by atoms with Crippen molar-refractivity contribution in [2.75, 3.05) is 0 Å². The number of thiophene rings is 4. The molecule has 0 aliphatic carbocycles. The number of aryl methyl sites for hydroxylation is 2. The molecule has 0 amide bonds. The zero-order valence-corrected chi connectivity index (χ0v) is 30.7. The van der Waals surface area contributed by atoms with Crippen LogP contribution in [-0.2, 0) is 12.8 Å². The molecule has 0 spiro atoms. The van der Waals surface area contributed by atoms with E-state index in [4.69, 9.17) is 0 Å². The van der Waals surface area contributed by atoms with Crippen molar-refractivity contribution in [3.63, 3.8) is 0 Å². The van der Waals surface area contributed by atoms with Gasteiger partial charge in [0.15, 0.2) is 0 Å². The average molecular weight is 679 g/mol. The van der Waals surface area contributed by atoms with Gasteiger partial charge in [-0.3, -0.25) is 0 Å². The van der Waals surface area contributed by atoms with E-state index in [-0.39, 0.29) is 0 Å². The van der Waals surface area contributed by atoms with Crippen LogP contribution in [0.3, 0.4) is 0 Å². The normalized spacial score (nSPS) is 12.0. The summed E-state index contributed by atoms with van der Waals surface area (Å²) < 4.78 is 8.59. The van der Waals surface area contributed by atoms with Crippen LogP contribution < -0.4 is 0 Å². The molecule has 4 heterocycles. The van der Waals surface area contributed by atoms with Crippen molar-refractivity contribution in [2.45, 2.75) is 104 Å². The lowest BCUT2D eigenvalue weighted by Crippen LogP contribution is -1.86. The Morgan fingerprint density at radius 2 is 0.783 bits per heavy atom. The van der Waals surface area contributed by atoms with Crippen molar-refractivity contribution in [1.82, 2.24) is 0 Å². The molecule has 0 unspecified atom stereocenters. The molecule has 4 heteroatoms. The van der Waals surface area contributed by atoms with Gasteiger partial charge in [0.05, 0.1) is 9.40 Å². The van der Waals surface area contributed by atoms with Crippen LogP contribution >= 0.6 is 45.3 Å². The number of fused-ring (bicyclic) bond motifs is 6. The zero-order valence-electron chi connectivity index (χ0n) is 27.5. The Morgan fingerprint density at radius 3 is 1.20 bits per heavy atom. The first-order chi connectivity index (χ1) is 22.7. The molecule has 0 fully saturated rings. The summed E-state index contributed by atoms with van der Waals surface area (Å²) in [6, 6.07) is 28.6. The first-order valence-electron chi connectivity index (χ1n) is 17.7. The quantitative estimate of drug-likeness (QED) is 0.0893. The summed E-state index contributed by atoms with van der Waals surface area (Å²) in [4.78, 5) is 2.79. The van der Waals surface area contributed by atoms with Gasteiger partial charge in [0.2, 0.25) is 0 Å². The minimum absolute atomic E-state index is 1.21. The van der Waals surface area contributed by atoms with Crippen LogP contribution in [0.2, 0.25) is 0 Å². The maximum absolute atomic E-state index is 2.47. The molecule has 4 aromatic heterocycles. The lowest BCUT2D eigenvalue weighted by atomic mass is 10.0. The predicted molar refractivity (Wildman–Crippen MR) is 213 cm³/mol. The molecule has 0 bridgehead atoms. The molecule has 0 nitrogen and oxygen atoms in total. The van der Waals surface area contributed by atoms with Crippen LogP contribution in [0.15, 0.2) is 72.8 Å². The van der Waals surface area contributed by atoms with E-state index in [0.29, 0.717) is 0 Å². The van der Waals surface area contributed by atoms with Crippen LogP contribution in [0.4, 0.5) is 0 Å². The van der Waals surface area contributed by atoms with E-state index in [0.717, 1.165) is 0 Å². The fourth-order valence-corrected chi connectivity index (χ4v) is 11.9. The van der Waals surface area contributed by atoms with Crippen molar-refractivity contribution in [3.05, 3.63) is 83.9 Å². The van der Waals surface area contributed by atoms with Crippen LogP contribution in [-0.4, -0.2) is 0 Å². The summed E-state index contributed by atoms with van der Waals surface area (Å²) >= 11 is 7.86. The smallest absolute Gasteiger partial charge is 0.0536 e. The Bertz CT molecular complexity index is 1860. The fraction of sp³-hybridized carbons (Fsp3) is 0.381. The number of unbranched alkanes of at least 4 members (excludes halogenated alkanes) is 10. The summed E-state index contributed by atoms with van der Waals surface area (Å²) in [5.41, 5.74) is 5.67. The van der Waals surface area contributed by atoms with E-state index in [2.05, 4.69) is 86.6 Å². The largest absolute Gasteiger partial charge is 0.134 e. The van der Waals surface area contributed by atoms with E-state index in [9.17, 15) is 0 Å². The van der Waals surface area contributed by atoms with Crippen molar-refractivity contribution < 1.29 is 0 Å². The maximum Gasteiger partial charge on any atom is 0.0536 e. The molecular formula is C42H46S4. The third-order valence-corrected chi connectivity index (χ3v) is 14.4. The SMILES string of the molecule is CCCCCCCCc1ccc(-c2cc3sc4cc5c(cc4c3s2)sc2cc(-c3ccc(CCCCCCCC)cc3)sc25)cc1. The van der Waals surface area contributed by atoms with Gasteiger partial charge >= 0.3 is 0 Å². The molecule has 0 aliphatic rings. The number of hydrogen-bond acceptors (Lipinski definition) is 4. The third-order valence-electron chi connectivity index (χ3n) is 9.52. The standard InChI is InChI=1S/C42H46S4/c1-3-5-7-9-11-13-15-29-17-21-31(22-18-29)35-27-39-41(45-35)33-25-38-34(26-37(33)43-39)42-40(44-38)28-36(46-42)32-23-19-30(20-24-32)16-14-12-10-8-6-4-2/h17-28H,3-16H2,1-2H3. The van der Waals surface area contributed by atoms with Crippen LogP contribution in [0, 0.1) is 0 Å². The topological polar surface area (TPSA) is 0 Å². The predicted octanol–water partition coefficient (Wildman–Crippen LogP) is 15.7. The van der Waals surface area contributed by atoms with Gasteiger partial charge in [-0.05, 0) is 72.2 Å². The molecule has 238 valence electrons. The molecule has 0 saturated carbocycles. The summed E-state index contributed by atoms with van der Waals surface area (Å²) in [6.45, 7) is 4.58. The molecule has 0 radical (unpaired) electrons. The monoisotopic (exact) mass is 678 g/mol. The highest BCUT2D eigenvalue weighted by atomic mass is 32.1. The van der Waals surface area contributed by atoms with E-state index in [1.807, 2.05) is 45.3 Å². The number of benzene rings is 3. The Morgan fingerprint density at radius 1 is 0.391 bits per heavy atom. The molecule has 7 aromatic rings. The molecule has 7 rings (SSSR count). The van der Waals surface area contributed by atoms with Crippen molar-refractivity contribution >= 4 is 84.3 Å². The number of rotatable bonds is 16. The average Bonchev–Trinajstić information content (AvgIpc) is 3.84. The van der Waals surface area contributed by atoms with Gasteiger partial charge in [-0.15, -0.1) is 45.3 Å². The Balaban J connectivity index is 1.04. The third kappa shape index (κ3) is 7.16. The van der Waals surface area contributed by atoms with Gasteiger partial charge in [-0.25, -0.2) is 0 Å². The second-order valence-corrected chi connectivity index (χ2v) is 17.4. The highest BCUT2D eigenvalue weighted by Crippen LogP contribution is 2.48. The summed E-state index contributed by atoms with van der Waals surface area (Å²) in [6.07, 6.45) is 18.7. The molecule has 0 aliphatic heterocycles. The van der Waals surface area contributed by atoms with Gasteiger partial charge in [0, 0.05) is 39.3 Å². The van der Waals surface area contributed by atoms with E-state index in [1.165, 1.54) is 161 Å². The maximum atomic E-state index is 2.47. The van der Waals surface area contributed by atoms with E-state index >= 15 is 0 Å². The van der Waals surface area contributed by atoms with Crippen molar-refractivity contribution in [1.29, 1.82) is 0 Å². The van der Waals surface area contributed by atoms with Gasteiger partial charge in [0.25, 0.3) is 0 Å². The van der Waals surface area contributed by atoms with Gasteiger partial charge in [-0.2, -0.15) is 0 Å². The minimum Gasteiger partial charge on any atom is -0.134 e. The van der Waals surface area contributed by atoms with Crippen molar-refractivity contribution in [3.8, 4) is 20.9 Å². The molecule has 0 saturated heterocycles. The highest BCUT2D eigenvalue weighted by molar-refractivity contribution is 7.35. The van der Waals surface area contributed by atoms with Gasteiger partial charge < -0.3 is 0 Å². The fourth-order valence-electron chi connectivity index (χ4n) is 6.77. The van der Waals surface area contributed by atoms with Gasteiger partial charge in [-0.1, -0.05) is 127 Å². The Kier molecular flexibility index (Phi) is 10.6. The zero-order chi connectivity index (χ0) is 31.3. The second-order valence-electron chi connectivity index (χ2n) is 13.1. The minimum atomic E-state index is 1.21. The Hall–Kier alpha value is -2.50. The molecular weight excluding hydrogens is 633 g/mol. The van der Waals surface area contributed by atoms with E-state index < -0.39 is 0 Å². The van der Waals surface area contributed by atoms with Gasteiger partial charge in [0.1, 0.15) is 0 Å². The van der Waals surface area contributed by atoms with Crippen LogP contribution in [0.5, 0.6) is 0 Å². The first-order valence-corrected chi connectivity index (χ1v) is 21.0. The molecule has 0 N–H and O–H groups in total. The summed E-state index contributed by atoms with van der Waals surface area (Å²) in [5, 5.41) is 2.86.